The number of carbonyl (C=O) groups excluding carboxylic acids is 1. The topological polar surface area (TPSA) is 46.5 Å². The van der Waals surface area contributed by atoms with Crippen molar-refractivity contribution in [2.45, 2.75) is 97.2 Å². The number of aryl methyl sites for hydroxylation is 1. The van der Waals surface area contributed by atoms with Crippen molar-refractivity contribution in [2.24, 2.45) is 0 Å². The minimum absolute atomic E-state index is 0.148. The number of phenols is 1. The number of rotatable bonds is 9. The number of benzene rings is 1. The lowest BCUT2D eigenvalue weighted by atomic mass is 9.78. The van der Waals surface area contributed by atoms with E-state index in [9.17, 15) is 9.90 Å². The molecule has 1 unspecified atom stereocenters. The fourth-order valence-electron chi connectivity index (χ4n) is 2.99. The quantitative estimate of drug-likeness (QED) is 0.380. The minimum Gasteiger partial charge on any atom is -0.507 e. The molecule has 0 radical (unpaired) electrons. The molecule has 0 aliphatic heterocycles. The van der Waals surface area contributed by atoms with E-state index in [1.54, 1.807) is 0 Å². The summed E-state index contributed by atoms with van der Waals surface area (Å²) in [6, 6.07) is 4.09. The highest BCUT2D eigenvalue weighted by atomic mass is 32.2. The Kier molecular flexibility index (Phi) is 9.39. The molecule has 1 aromatic rings. The van der Waals surface area contributed by atoms with E-state index in [2.05, 4.69) is 55.4 Å². The average molecular weight is 409 g/mol. The second kappa shape index (κ2) is 10.6. The first kappa shape index (κ1) is 24.9. The summed E-state index contributed by atoms with van der Waals surface area (Å²) in [6.45, 7) is 17.4. The third-order valence-corrected chi connectivity index (χ3v) is 6.01. The van der Waals surface area contributed by atoms with Crippen LogP contribution in [0.25, 0.3) is 0 Å². The van der Waals surface area contributed by atoms with Gasteiger partial charge in [0.1, 0.15) is 12.4 Å². The molecule has 1 aromatic carbocycles. The largest absolute Gasteiger partial charge is 0.507 e. The van der Waals surface area contributed by atoms with Gasteiger partial charge in [-0.3, -0.25) is 4.79 Å². The van der Waals surface area contributed by atoms with E-state index < -0.39 is 0 Å². The van der Waals surface area contributed by atoms with Crippen molar-refractivity contribution in [3.63, 3.8) is 0 Å². The summed E-state index contributed by atoms with van der Waals surface area (Å²) in [7, 11) is 0. The van der Waals surface area contributed by atoms with Crippen molar-refractivity contribution in [1.29, 1.82) is 0 Å². The molecule has 0 fully saturated rings. The Balaban J connectivity index is 2.77. The predicted octanol–water partition coefficient (Wildman–Crippen LogP) is 6.38. The Morgan fingerprint density at radius 2 is 1.64 bits per heavy atom. The van der Waals surface area contributed by atoms with Crippen LogP contribution in [0.3, 0.4) is 0 Å². The molecular weight excluding hydrogens is 368 g/mol. The van der Waals surface area contributed by atoms with Gasteiger partial charge in [0.15, 0.2) is 0 Å². The van der Waals surface area contributed by atoms with Crippen LogP contribution in [-0.2, 0) is 26.8 Å². The smallest absolute Gasteiger partial charge is 0.306 e. The van der Waals surface area contributed by atoms with Gasteiger partial charge in [-0.2, -0.15) is 11.8 Å². The monoisotopic (exact) mass is 408 g/mol. The highest BCUT2D eigenvalue weighted by molar-refractivity contribution is 7.99. The number of unbranched alkanes of at least 4 members (excludes halogenated alkanes) is 1. The minimum atomic E-state index is -0.161. The molecule has 28 heavy (non-hydrogen) atoms. The van der Waals surface area contributed by atoms with Gasteiger partial charge in [0.05, 0.1) is 0 Å². The summed E-state index contributed by atoms with van der Waals surface area (Å²) in [6.07, 6.45) is 3.39. The molecule has 0 saturated carbocycles. The van der Waals surface area contributed by atoms with Crippen LogP contribution in [-0.4, -0.2) is 28.7 Å². The Labute approximate surface area is 176 Å². The second-order valence-electron chi connectivity index (χ2n) is 9.76. The van der Waals surface area contributed by atoms with Gasteiger partial charge in [0.25, 0.3) is 0 Å². The van der Waals surface area contributed by atoms with Crippen LogP contribution in [0.5, 0.6) is 5.75 Å². The molecule has 0 aliphatic carbocycles. The van der Waals surface area contributed by atoms with Crippen LogP contribution in [0, 0.1) is 0 Å². The van der Waals surface area contributed by atoms with E-state index in [0.29, 0.717) is 30.4 Å². The van der Waals surface area contributed by atoms with Gasteiger partial charge in [0.2, 0.25) is 0 Å². The van der Waals surface area contributed by atoms with Gasteiger partial charge in [-0.1, -0.05) is 67.0 Å². The summed E-state index contributed by atoms with van der Waals surface area (Å²) in [5, 5.41) is 11.1. The fraction of sp³-hybridized carbons (Fsp3) is 0.708. The Bertz CT molecular complexity index is 603. The average Bonchev–Trinajstić information content (AvgIpc) is 2.57. The van der Waals surface area contributed by atoms with Gasteiger partial charge in [-0.15, -0.1) is 0 Å². The molecule has 0 aromatic heterocycles. The normalized spacial score (nSPS) is 13.4. The number of hydrogen-bond acceptors (Lipinski definition) is 4. The lowest BCUT2D eigenvalue weighted by molar-refractivity contribution is -0.143. The SMILES string of the molecule is CCCCSC(C)COC(=O)CCc1cc(C(C)(C)C)c(O)c(C(C)(C)C)c1. The molecular formula is C24H40O3S. The number of ether oxygens (including phenoxy) is 1. The molecule has 0 amide bonds. The number of esters is 1. The van der Waals surface area contributed by atoms with Crippen molar-refractivity contribution in [2.75, 3.05) is 12.4 Å². The van der Waals surface area contributed by atoms with E-state index in [1.165, 1.54) is 12.8 Å². The molecule has 1 atom stereocenters. The zero-order valence-electron chi connectivity index (χ0n) is 19.1. The van der Waals surface area contributed by atoms with E-state index in [0.717, 1.165) is 22.4 Å². The molecule has 1 N–H and O–H groups in total. The van der Waals surface area contributed by atoms with Crippen LogP contribution in [0.1, 0.15) is 91.3 Å². The Morgan fingerprint density at radius 3 is 2.11 bits per heavy atom. The maximum atomic E-state index is 12.2. The molecule has 160 valence electrons. The summed E-state index contributed by atoms with van der Waals surface area (Å²) in [4.78, 5) is 12.2. The number of hydrogen-bond donors (Lipinski definition) is 1. The van der Waals surface area contributed by atoms with Crippen LogP contribution in [0.15, 0.2) is 12.1 Å². The number of phenolic OH excluding ortho intramolecular Hbond substituents is 1. The molecule has 3 nitrogen and oxygen atoms in total. The Hall–Kier alpha value is -1.16. The second-order valence-corrected chi connectivity index (χ2v) is 11.3. The highest BCUT2D eigenvalue weighted by Crippen LogP contribution is 2.40. The zero-order chi connectivity index (χ0) is 21.5. The van der Waals surface area contributed by atoms with Gasteiger partial charge >= 0.3 is 5.97 Å². The summed E-state index contributed by atoms with van der Waals surface area (Å²) < 4.78 is 5.47. The first-order valence-corrected chi connectivity index (χ1v) is 11.5. The van der Waals surface area contributed by atoms with E-state index in [-0.39, 0.29) is 16.8 Å². The van der Waals surface area contributed by atoms with Crippen LogP contribution < -0.4 is 0 Å². The molecule has 0 heterocycles. The van der Waals surface area contributed by atoms with Gasteiger partial charge in [-0.25, -0.2) is 0 Å². The van der Waals surface area contributed by atoms with Crippen molar-refractivity contribution in [1.82, 2.24) is 0 Å². The van der Waals surface area contributed by atoms with E-state index in [1.807, 2.05) is 23.9 Å². The maximum absolute atomic E-state index is 12.2. The van der Waals surface area contributed by atoms with Crippen molar-refractivity contribution in [3.8, 4) is 5.75 Å². The molecule has 0 saturated heterocycles. The molecule has 4 heteroatoms. The first-order valence-electron chi connectivity index (χ1n) is 10.5. The zero-order valence-corrected chi connectivity index (χ0v) is 20.0. The van der Waals surface area contributed by atoms with Gasteiger partial charge < -0.3 is 9.84 Å². The summed E-state index contributed by atoms with van der Waals surface area (Å²) in [5.41, 5.74) is 2.63. The van der Waals surface area contributed by atoms with Crippen molar-refractivity contribution < 1.29 is 14.6 Å². The maximum Gasteiger partial charge on any atom is 0.306 e. The van der Waals surface area contributed by atoms with Crippen LogP contribution >= 0.6 is 11.8 Å². The summed E-state index contributed by atoms with van der Waals surface area (Å²) in [5.74, 6) is 1.35. The van der Waals surface area contributed by atoms with Crippen molar-refractivity contribution >= 4 is 17.7 Å². The lowest BCUT2D eigenvalue weighted by Crippen LogP contribution is -2.18. The highest BCUT2D eigenvalue weighted by Gasteiger charge is 2.26. The van der Waals surface area contributed by atoms with Crippen LogP contribution in [0.2, 0.25) is 0 Å². The predicted molar refractivity (Wildman–Crippen MR) is 122 cm³/mol. The van der Waals surface area contributed by atoms with Gasteiger partial charge in [0, 0.05) is 11.7 Å². The Morgan fingerprint density at radius 1 is 1.11 bits per heavy atom. The third-order valence-electron chi connectivity index (χ3n) is 4.78. The molecule has 0 bridgehead atoms. The van der Waals surface area contributed by atoms with E-state index >= 15 is 0 Å². The lowest BCUT2D eigenvalue weighted by Gasteiger charge is -2.28. The fourth-order valence-corrected chi connectivity index (χ4v) is 4.01. The van der Waals surface area contributed by atoms with E-state index in [4.69, 9.17) is 4.74 Å². The standard InChI is InChI=1S/C24H40O3S/c1-9-10-13-28-17(2)16-27-21(25)12-11-18-14-19(23(3,4)5)22(26)20(15-18)24(6,7)8/h14-15,17,26H,9-13,16H2,1-8H3. The molecule has 1 rings (SSSR count). The van der Waals surface area contributed by atoms with Gasteiger partial charge in [-0.05, 0) is 53.0 Å². The number of aromatic hydroxyl groups is 1. The molecule has 0 aliphatic rings. The first-order chi connectivity index (χ1) is 12.9. The summed E-state index contributed by atoms with van der Waals surface area (Å²) >= 11 is 1.86. The number of carbonyl (C=O) groups is 1. The third kappa shape index (κ3) is 8.06. The number of thioether (sulfide) groups is 1. The van der Waals surface area contributed by atoms with Crippen molar-refractivity contribution in [3.05, 3.63) is 28.8 Å². The molecule has 0 spiro atoms. The van der Waals surface area contributed by atoms with Crippen LogP contribution in [0.4, 0.5) is 0 Å².